The Kier molecular flexibility index (Phi) is 5.85. The Morgan fingerprint density at radius 2 is 1.79 bits per heavy atom. The zero-order valence-electron chi connectivity index (χ0n) is 15.9. The molecule has 2 heterocycles. The summed E-state index contributed by atoms with van der Waals surface area (Å²) in [4.78, 5) is 2.59. The molecule has 2 aliphatic rings. The first-order valence-corrected chi connectivity index (χ1v) is 11.3. The van der Waals surface area contributed by atoms with Gasteiger partial charge in [-0.15, -0.1) is 0 Å². The lowest BCUT2D eigenvalue weighted by atomic mass is 10.00. The monoisotopic (exact) mass is 402 g/mol. The number of rotatable bonds is 6. The molecular formula is C21H26N2O4S. The smallest absolute Gasteiger partial charge is 0.240 e. The number of fused-ring (bicyclic) bond motifs is 2. The summed E-state index contributed by atoms with van der Waals surface area (Å²) in [5.74, 6) is 1.09. The minimum Gasteiger partial charge on any atom is -0.490 e. The number of nitrogens with zero attached hydrogens (tertiary/aromatic N) is 1. The first kappa shape index (κ1) is 19.2. The first-order chi connectivity index (χ1) is 13.6. The molecule has 0 radical (unpaired) electrons. The molecule has 28 heavy (non-hydrogen) atoms. The first-order valence-electron chi connectivity index (χ1n) is 9.80. The molecule has 2 aromatic carbocycles. The second-order valence-corrected chi connectivity index (χ2v) is 8.97. The summed E-state index contributed by atoms with van der Waals surface area (Å²) in [6.45, 7) is 4.35. The van der Waals surface area contributed by atoms with E-state index in [-0.39, 0.29) is 4.90 Å². The van der Waals surface area contributed by atoms with Crippen molar-refractivity contribution in [2.75, 3.05) is 32.8 Å². The quantitative estimate of drug-likeness (QED) is 0.753. The largest absolute Gasteiger partial charge is 0.490 e. The molecule has 0 amide bonds. The number of benzene rings is 2. The highest BCUT2D eigenvalue weighted by atomic mass is 32.2. The van der Waals surface area contributed by atoms with Crippen molar-refractivity contribution in [1.82, 2.24) is 9.62 Å². The number of hydrogen-bond donors (Lipinski definition) is 1. The maximum Gasteiger partial charge on any atom is 0.240 e. The highest BCUT2D eigenvalue weighted by Crippen LogP contribution is 2.31. The van der Waals surface area contributed by atoms with Crippen molar-refractivity contribution < 1.29 is 17.9 Å². The Hall–Kier alpha value is -2.09. The SMILES string of the molecule is O=S(=O)(NCCCN1CCc2ccccc2C1)c1ccc2c(c1)OCCCO2. The highest BCUT2D eigenvalue weighted by molar-refractivity contribution is 7.89. The second kappa shape index (κ2) is 8.51. The fourth-order valence-electron chi connectivity index (χ4n) is 3.65. The van der Waals surface area contributed by atoms with Crippen molar-refractivity contribution in [2.45, 2.75) is 30.7 Å². The summed E-state index contributed by atoms with van der Waals surface area (Å²) in [5.41, 5.74) is 2.80. The van der Waals surface area contributed by atoms with Crippen LogP contribution in [0.4, 0.5) is 0 Å². The second-order valence-electron chi connectivity index (χ2n) is 7.21. The molecule has 0 unspecified atom stereocenters. The molecule has 0 saturated heterocycles. The zero-order chi connectivity index (χ0) is 19.4. The topological polar surface area (TPSA) is 67.9 Å². The van der Waals surface area contributed by atoms with Crippen LogP contribution in [-0.4, -0.2) is 46.2 Å². The lowest BCUT2D eigenvalue weighted by Gasteiger charge is -2.28. The normalized spacial score (nSPS) is 17.0. The summed E-state index contributed by atoms with van der Waals surface area (Å²) in [6, 6.07) is 13.3. The van der Waals surface area contributed by atoms with Crippen molar-refractivity contribution in [1.29, 1.82) is 0 Å². The Balaban J connectivity index is 1.29. The van der Waals surface area contributed by atoms with Gasteiger partial charge >= 0.3 is 0 Å². The van der Waals surface area contributed by atoms with E-state index in [1.54, 1.807) is 18.2 Å². The van der Waals surface area contributed by atoms with Gasteiger partial charge in [-0.1, -0.05) is 24.3 Å². The minimum atomic E-state index is -3.56. The van der Waals surface area contributed by atoms with Gasteiger partial charge in [0.1, 0.15) is 0 Å². The van der Waals surface area contributed by atoms with E-state index in [1.807, 2.05) is 0 Å². The van der Waals surface area contributed by atoms with Crippen molar-refractivity contribution in [2.24, 2.45) is 0 Å². The van der Waals surface area contributed by atoms with Crippen LogP contribution in [0.15, 0.2) is 47.4 Å². The van der Waals surface area contributed by atoms with Crippen molar-refractivity contribution in [3.8, 4) is 11.5 Å². The summed E-state index contributed by atoms with van der Waals surface area (Å²) in [6.07, 6.45) is 2.61. The van der Waals surface area contributed by atoms with Crippen LogP contribution in [0, 0.1) is 0 Å². The number of hydrogen-bond acceptors (Lipinski definition) is 5. The van der Waals surface area contributed by atoms with Crippen LogP contribution in [0.3, 0.4) is 0 Å². The zero-order valence-corrected chi connectivity index (χ0v) is 16.7. The van der Waals surface area contributed by atoms with Crippen molar-refractivity contribution in [3.05, 3.63) is 53.6 Å². The van der Waals surface area contributed by atoms with Crippen LogP contribution in [0.5, 0.6) is 11.5 Å². The highest BCUT2D eigenvalue weighted by Gasteiger charge is 2.19. The van der Waals surface area contributed by atoms with Crippen LogP contribution in [0.25, 0.3) is 0 Å². The summed E-state index contributed by atoms with van der Waals surface area (Å²) < 4.78 is 39.1. The lowest BCUT2D eigenvalue weighted by molar-refractivity contribution is 0.251. The van der Waals surface area contributed by atoms with E-state index in [0.29, 0.717) is 31.3 Å². The van der Waals surface area contributed by atoms with Crippen molar-refractivity contribution in [3.63, 3.8) is 0 Å². The van der Waals surface area contributed by atoms with Gasteiger partial charge in [0.05, 0.1) is 18.1 Å². The third kappa shape index (κ3) is 4.48. The van der Waals surface area contributed by atoms with Gasteiger partial charge in [-0.2, -0.15) is 0 Å². The molecule has 0 fully saturated rings. The van der Waals surface area contributed by atoms with Crippen LogP contribution < -0.4 is 14.2 Å². The molecule has 4 rings (SSSR count). The van der Waals surface area contributed by atoms with Crippen LogP contribution >= 0.6 is 0 Å². The van der Waals surface area contributed by atoms with Gasteiger partial charge in [0.2, 0.25) is 10.0 Å². The van der Waals surface area contributed by atoms with E-state index in [9.17, 15) is 8.42 Å². The molecule has 2 aliphatic heterocycles. The molecule has 0 aliphatic carbocycles. The molecule has 7 heteroatoms. The van der Waals surface area contributed by atoms with Gasteiger partial charge in [-0.3, -0.25) is 4.90 Å². The summed E-state index contributed by atoms with van der Waals surface area (Å²) in [7, 11) is -3.56. The maximum absolute atomic E-state index is 12.6. The van der Waals surface area contributed by atoms with Crippen LogP contribution in [0.1, 0.15) is 24.0 Å². The number of ether oxygens (including phenoxy) is 2. The van der Waals surface area contributed by atoms with Crippen LogP contribution in [0.2, 0.25) is 0 Å². The molecule has 150 valence electrons. The van der Waals surface area contributed by atoms with Gasteiger partial charge in [0.15, 0.2) is 11.5 Å². The maximum atomic E-state index is 12.6. The van der Waals surface area contributed by atoms with E-state index in [2.05, 4.69) is 33.9 Å². The summed E-state index contributed by atoms with van der Waals surface area (Å²) >= 11 is 0. The molecular weight excluding hydrogens is 376 g/mol. The third-order valence-electron chi connectivity index (χ3n) is 5.18. The third-order valence-corrected chi connectivity index (χ3v) is 6.64. The van der Waals surface area contributed by atoms with E-state index in [1.165, 1.54) is 11.1 Å². The fraction of sp³-hybridized carbons (Fsp3) is 0.429. The average Bonchev–Trinajstić information content (AvgIpc) is 2.96. The number of nitrogens with one attached hydrogen (secondary N) is 1. The molecule has 0 bridgehead atoms. The van der Waals surface area contributed by atoms with Gasteiger partial charge in [-0.25, -0.2) is 13.1 Å². The Morgan fingerprint density at radius 3 is 2.64 bits per heavy atom. The van der Waals surface area contributed by atoms with Gasteiger partial charge in [0, 0.05) is 32.1 Å². The van der Waals surface area contributed by atoms with E-state index >= 15 is 0 Å². The fourth-order valence-corrected chi connectivity index (χ4v) is 4.74. The van der Waals surface area contributed by atoms with Crippen LogP contribution in [-0.2, 0) is 23.0 Å². The minimum absolute atomic E-state index is 0.212. The molecule has 2 aromatic rings. The van der Waals surface area contributed by atoms with Gasteiger partial charge < -0.3 is 9.47 Å². The molecule has 0 spiro atoms. The van der Waals surface area contributed by atoms with E-state index in [0.717, 1.165) is 38.9 Å². The summed E-state index contributed by atoms with van der Waals surface area (Å²) in [5, 5.41) is 0. The predicted molar refractivity (Wildman–Crippen MR) is 107 cm³/mol. The molecule has 0 aromatic heterocycles. The lowest BCUT2D eigenvalue weighted by Crippen LogP contribution is -2.33. The van der Waals surface area contributed by atoms with Gasteiger partial charge in [-0.05, 0) is 42.6 Å². The number of sulfonamides is 1. The van der Waals surface area contributed by atoms with Crippen molar-refractivity contribution >= 4 is 10.0 Å². The Morgan fingerprint density at radius 1 is 1.00 bits per heavy atom. The molecule has 0 atom stereocenters. The molecule has 6 nitrogen and oxygen atoms in total. The average molecular weight is 403 g/mol. The van der Waals surface area contributed by atoms with Gasteiger partial charge in [0.25, 0.3) is 0 Å². The Bertz CT molecular complexity index is 930. The molecule has 1 N–H and O–H groups in total. The van der Waals surface area contributed by atoms with E-state index in [4.69, 9.17) is 9.47 Å². The predicted octanol–water partition coefficient (Wildman–Crippen LogP) is 2.57. The molecule has 0 saturated carbocycles. The van der Waals surface area contributed by atoms with E-state index < -0.39 is 10.0 Å². The standard InChI is InChI=1S/C21H26N2O4S/c24-28(25,19-7-8-20-21(15-19)27-14-4-13-26-20)22-10-3-11-23-12-9-17-5-1-2-6-18(17)16-23/h1-2,5-8,15,22H,3-4,9-14,16H2. The Labute approximate surface area is 166 Å².